The first-order valence-corrected chi connectivity index (χ1v) is 8.28. The van der Waals surface area contributed by atoms with Crippen molar-refractivity contribution >= 4 is 17.5 Å². The Morgan fingerprint density at radius 2 is 1.88 bits per heavy atom. The Kier molecular flexibility index (Phi) is 5.10. The summed E-state index contributed by atoms with van der Waals surface area (Å²) in [5, 5.41) is 11.6. The Bertz CT molecular complexity index is 794. The summed E-state index contributed by atoms with van der Waals surface area (Å²) in [5.41, 5.74) is 2.36. The van der Waals surface area contributed by atoms with Crippen LogP contribution in [0.5, 0.6) is 0 Å². The van der Waals surface area contributed by atoms with Crippen LogP contribution in [-0.2, 0) is 16.0 Å². The number of carbonyl (C=O) groups is 2. The van der Waals surface area contributed by atoms with Crippen molar-refractivity contribution in [2.24, 2.45) is 5.92 Å². The maximum absolute atomic E-state index is 12.4. The third-order valence-electron chi connectivity index (χ3n) is 4.38. The molecule has 5 heteroatoms. The number of amides is 2. The van der Waals surface area contributed by atoms with Crippen molar-refractivity contribution in [3.05, 3.63) is 65.7 Å². The number of hydrogen-bond acceptors (Lipinski definition) is 3. The van der Waals surface area contributed by atoms with Gasteiger partial charge in [0.05, 0.1) is 17.6 Å². The van der Waals surface area contributed by atoms with Crippen molar-refractivity contribution in [1.29, 1.82) is 5.26 Å². The molecule has 1 heterocycles. The highest BCUT2D eigenvalue weighted by molar-refractivity contribution is 5.97. The minimum atomic E-state index is -0.334. The second-order valence-electron chi connectivity index (χ2n) is 6.15. The van der Waals surface area contributed by atoms with Crippen molar-refractivity contribution in [3.8, 4) is 6.07 Å². The molecule has 1 saturated heterocycles. The summed E-state index contributed by atoms with van der Waals surface area (Å²) in [7, 11) is 0. The number of nitrogens with zero attached hydrogens (tertiary/aromatic N) is 2. The van der Waals surface area contributed by atoms with Gasteiger partial charge in [0, 0.05) is 25.2 Å². The lowest BCUT2D eigenvalue weighted by Crippen LogP contribution is -2.30. The molecule has 1 fully saturated rings. The molecule has 1 atom stereocenters. The molecule has 0 unspecified atom stereocenters. The summed E-state index contributed by atoms with van der Waals surface area (Å²) < 4.78 is 0. The van der Waals surface area contributed by atoms with Gasteiger partial charge in [-0.2, -0.15) is 5.26 Å². The van der Waals surface area contributed by atoms with Gasteiger partial charge in [-0.05, 0) is 36.2 Å². The van der Waals surface area contributed by atoms with E-state index in [1.807, 2.05) is 36.4 Å². The van der Waals surface area contributed by atoms with Crippen molar-refractivity contribution < 1.29 is 9.59 Å². The molecule has 0 radical (unpaired) electrons. The summed E-state index contributed by atoms with van der Waals surface area (Å²) >= 11 is 0. The third-order valence-corrected chi connectivity index (χ3v) is 4.38. The number of benzene rings is 2. The van der Waals surface area contributed by atoms with Gasteiger partial charge in [0.25, 0.3) is 0 Å². The Labute approximate surface area is 146 Å². The van der Waals surface area contributed by atoms with Crippen LogP contribution in [0.25, 0.3) is 0 Å². The van der Waals surface area contributed by atoms with Crippen LogP contribution in [0.1, 0.15) is 17.5 Å². The van der Waals surface area contributed by atoms with Crippen LogP contribution < -0.4 is 5.32 Å². The summed E-state index contributed by atoms with van der Waals surface area (Å²) in [6.07, 6.45) is 1.04. The van der Waals surface area contributed by atoms with Crippen LogP contribution >= 0.6 is 0 Å². The van der Waals surface area contributed by atoms with E-state index in [4.69, 9.17) is 5.26 Å². The molecule has 1 aliphatic rings. The molecular weight excluding hydrogens is 314 g/mol. The highest BCUT2D eigenvalue weighted by Gasteiger charge is 2.33. The van der Waals surface area contributed by atoms with Gasteiger partial charge in [-0.3, -0.25) is 9.59 Å². The molecule has 3 rings (SSSR count). The van der Waals surface area contributed by atoms with Crippen LogP contribution in [0.4, 0.5) is 5.69 Å². The number of nitriles is 1. The standard InChI is InChI=1S/C20H19N3O2/c21-13-16-6-8-18(9-7-16)22-20(25)17-12-19(24)23(14-17)11-10-15-4-2-1-3-5-15/h1-9,17H,10-12,14H2,(H,22,25)/t17-/m1/s1. The minimum absolute atomic E-state index is 0.0240. The minimum Gasteiger partial charge on any atom is -0.342 e. The second-order valence-corrected chi connectivity index (χ2v) is 6.15. The number of carbonyl (C=O) groups excluding carboxylic acids is 2. The maximum atomic E-state index is 12.4. The van der Waals surface area contributed by atoms with Gasteiger partial charge in [-0.25, -0.2) is 0 Å². The zero-order valence-electron chi connectivity index (χ0n) is 13.8. The largest absolute Gasteiger partial charge is 0.342 e. The Morgan fingerprint density at radius 3 is 2.56 bits per heavy atom. The smallest absolute Gasteiger partial charge is 0.229 e. The van der Waals surface area contributed by atoms with Gasteiger partial charge >= 0.3 is 0 Å². The van der Waals surface area contributed by atoms with Gasteiger partial charge in [-0.1, -0.05) is 30.3 Å². The van der Waals surface area contributed by atoms with Crippen LogP contribution in [0.3, 0.4) is 0 Å². The lowest BCUT2D eigenvalue weighted by atomic mass is 10.1. The SMILES string of the molecule is N#Cc1ccc(NC(=O)[C@@H]2CC(=O)N(CCc3ccccc3)C2)cc1. The fraction of sp³-hybridized carbons (Fsp3) is 0.250. The predicted molar refractivity (Wildman–Crippen MR) is 94.6 cm³/mol. The van der Waals surface area contributed by atoms with Crippen molar-refractivity contribution in [3.63, 3.8) is 0 Å². The molecule has 2 aromatic carbocycles. The number of nitrogens with one attached hydrogen (secondary N) is 1. The van der Waals surface area contributed by atoms with Crippen LogP contribution in [0.2, 0.25) is 0 Å². The number of anilines is 1. The van der Waals surface area contributed by atoms with E-state index in [1.165, 1.54) is 5.56 Å². The average Bonchev–Trinajstić information content (AvgIpc) is 3.02. The fourth-order valence-corrected chi connectivity index (χ4v) is 2.95. The normalized spacial score (nSPS) is 16.5. The molecule has 5 nitrogen and oxygen atoms in total. The van der Waals surface area contributed by atoms with E-state index >= 15 is 0 Å². The van der Waals surface area contributed by atoms with E-state index in [2.05, 4.69) is 5.32 Å². The molecule has 0 aromatic heterocycles. The summed E-state index contributed by atoms with van der Waals surface area (Å²) in [4.78, 5) is 26.3. The first kappa shape index (κ1) is 16.7. The van der Waals surface area contributed by atoms with E-state index in [0.29, 0.717) is 24.3 Å². The lowest BCUT2D eigenvalue weighted by molar-refractivity contribution is -0.128. The molecule has 126 valence electrons. The van der Waals surface area contributed by atoms with E-state index in [1.54, 1.807) is 29.2 Å². The van der Waals surface area contributed by atoms with Gasteiger partial charge in [0.1, 0.15) is 0 Å². The third kappa shape index (κ3) is 4.24. The fourth-order valence-electron chi connectivity index (χ4n) is 2.95. The first-order valence-electron chi connectivity index (χ1n) is 8.28. The van der Waals surface area contributed by atoms with Crippen LogP contribution in [0.15, 0.2) is 54.6 Å². The van der Waals surface area contributed by atoms with Crippen molar-refractivity contribution in [1.82, 2.24) is 4.90 Å². The highest BCUT2D eigenvalue weighted by Crippen LogP contribution is 2.20. The maximum Gasteiger partial charge on any atom is 0.229 e. The zero-order chi connectivity index (χ0) is 17.6. The first-order chi connectivity index (χ1) is 12.2. The van der Waals surface area contributed by atoms with Gasteiger partial charge in [0.15, 0.2) is 0 Å². The molecule has 0 bridgehead atoms. The molecule has 25 heavy (non-hydrogen) atoms. The Balaban J connectivity index is 1.54. The number of rotatable bonds is 5. The molecule has 1 N–H and O–H groups in total. The molecule has 0 saturated carbocycles. The molecule has 0 spiro atoms. The van der Waals surface area contributed by atoms with Crippen molar-refractivity contribution in [2.75, 3.05) is 18.4 Å². The summed E-state index contributed by atoms with van der Waals surface area (Å²) in [6.45, 7) is 1.08. The van der Waals surface area contributed by atoms with Crippen LogP contribution in [0, 0.1) is 17.2 Å². The average molecular weight is 333 g/mol. The Hall–Kier alpha value is -3.13. The Morgan fingerprint density at radius 1 is 1.16 bits per heavy atom. The molecule has 2 amide bonds. The highest BCUT2D eigenvalue weighted by atomic mass is 16.2. The number of likely N-dealkylation sites (tertiary alicyclic amines) is 1. The number of hydrogen-bond donors (Lipinski definition) is 1. The van der Waals surface area contributed by atoms with E-state index < -0.39 is 0 Å². The molecule has 2 aromatic rings. The van der Waals surface area contributed by atoms with E-state index in [0.717, 1.165) is 6.42 Å². The van der Waals surface area contributed by atoms with Crippen molar-refractivity contribution in [2.45, 2.75) is 12.8 Å². The topological polar surface area (TPSA) is 73.2 Å². The molecular formula is C20H19N3O2. The summed E-state index contributed by atoms with van der Waals surface area (Å²) in [5.74, 6) is -0.463. The quantitative estimate of drug-likeness (QED) is 0.914. The second kappa shape index (κ2) is 7.63. The predicted octanol–water partition coefficient (Wildman–Crippen LogP) is 2.59. The molecule has 0 aliphatic carbocycles. The van der Waals surface area contributed by atoms with E-state index in [-0.39, 0.29) is 24.2 Å². The monoisotopic (exact) mass is 333 g/mol. The summed E-state index contributed by atoms with van der Waals surface area (Å²) in [6, 6.07) is 18.7. The van der Waals surface area contributed by atoms with Crippen LogP contribution in [-0.4, -0.2) is 29.8 Å². The van der Waals surface area contributed by atoms with E-state index in [9.17, 15) is 9.59 Å². The van der Waals surface area contributed by atoms with Gasteiger partial charge < -0.3 is 10.2 Å². The van der Waals surface area contributed by atoms with Gasteiger partial charge in [0.2, 0.25) is 11.8 Å². The zero-order valence-corrected chi connectivity index (χ0v) is 13.8. The lowest BCUT2D eigenvalue weighted by Gasteiger charge is -2.16. The molecule has 1 aliphatic heterocycles. The van der Waals surface area contributed by atoms with Gasteiger partial charge in [-0.15, -0.1) is 0 Å².